The fourth-order valence-corrected chi connectivity index (χ4v) is 2.39. The van der Waals surface area contributed by atoms with E-state index in [2.05, 4.69) is 0 Å². The summed E-state index contributed by atoms with van der Waals surface area (Å²) < 4.78 is 49.7. The van der Waals surface area contributed by atoms with Gasteiger partial charge in [-0.15, -0.1) is 0 Å². The van der Waals surface area contributed by atoms with Crippen LogP contribution in [0.15, 0.2) is 24.3 Å². The van der Waals surface area contributed by atoms with Crippen LogP contribution in [-0.2, 0) is 20.4 Å². The Morgan fingerprint density at radius 3 is 2.67 bits per heavy atom. The van der Waals surface area contributed by atoms with E-state index in [0.717, 1.165) is 18.2 Å². The number of halogens is 3. The first-order valence-corrected chi connectivity index (χ1v) is 7.60. The Kier molecular flexibility index (Phi) is 5.66. The molecule has 1 fully saturated rings. The van der Waals surface area contributed by atoms with E-state index in [4.69, 9.17) is 14.6 Å². The Morgan fingerprint density at radius 1 is 1.50 bits per heavy atom. The zero-order valence-corrected chi connectivity index (χ0v) is 13.4. The number of hydrogen-bond acceptors (Lipinski definition) is 3. The van der Waals surface area contributed by atoms with E-state index < -0.39 is 23.8 Å². The van der Waals surface area contributed by atoms with Crippen LogP contribution in [0.3, 0.4) is 0 Å². The van der Waals surface area contributed by atoms with Crippen molar-refractivity contribution in [1.82, 2.24) is 0 Å². The van der Waals surface area contributed by atoms with Crippen molar-refractivity contribution in [3.8, 4) is 0 Å². The van der Waals surface area contributed by atoms with Gasteiger partial charge in [-0.05, 0) is 42.2 Å². The summed E-state index contributed by atoms with van der Waals surface area (Å²) in [6.07, 6.45) is -3.71. The fourth-order valence-electron chi connectivity index (χ4n) is 2.39. The Bertz CT molecular complexity index is 633. The van der Waals surface area contributed by atoms with Crippen LogP contribution >= 0.6 is 0 Å². The van der Waals surface area contributed by atoms with E-state index >= 15 is 0 Å². The molecule has 132 valence electrons. The highest BCUT2D eigenvalue weighted by Gasteiger charge is 2.32. The molecule has 1 N–H and O–H groups in total. The SMILES string of the molecule is CC/C(=C\C(=O)O)c1cc(C(F)(F)F)ccc1[C@@H](C)OC[C@H]1CO1. The van der Waals surface area contributed by atoms with Crippen molar-refractivity contribution in [3.05, 3.63) is 41.0 Å². The number of rotatable bonds is 7. The summed E-state index contributed by atoms with van der Waals surface area (Å²) in [4.78, 5) is 11.0. The second kappa shape index (κ2) is 7.36. The van der Waals surface area contributed by atoms with E-state index in [9.17, 15) is 18.0 Å². The summed E-state index contributed by atoms with van der Waals surface area (Å²) >= 11 is 0. The summed E-state index contributed by atoms with van der Waals surface area (Å²) in [6.45, 7) is 4.39. The van der Waals surface area contributed by atoms with Gasteiger partial charge in [0.25, 0.3) is 0 Å². The molecular weight excluding hydrogens is 325 g/mol. The highest BCUT2D eigenvalue weighted by molar-refractivity contribution is 5.90. The van der Waals surface area contributed by atoms with Crippen molar-refractivity contribution in [1.29, 1.82) is 0 Å². The van der Waals surface area contributed by atoms with Gasteiger partial charge in [0.05, 0.1) is 24.9 Å². The zero-order chi connectivity index (χ0) is 17.9. The number of carboxylic acids is 1. The van der Waals surface area contributed by atoms with E-state index in [1.165, 1.54) is 6.07 Å². The molecule has 1 saturated heterocycles. The minimum atomic E-state index is -4.50. The predicted molar refractivity (Wildman–Crippen MR) is 81.5 cm³/mol. The summed E-state index contributed by atoms with van der Waals surface area (Å²) in [7, 11) is 0. The molecule has 7 heteroatoms. The van der Waals surface area contributed by atoms with Gasteiger partial charge in [-0.25, -0.2) is 4.79 Å². The van der Waals surface area contributed by atoms with Crippen molar-refractivity contribution < 1.29 is 32.5 Å². The molecule has 0 bridgehead atoms. The molecule has 4 nitrogen and oxygen atoms in total. The minimum absolute atomic E-state index is 0.0329. The van der Waals surface area contributed by atoms with Gasteiger partial charge in [-0.2, -0.15) is 13.2 Å². The molecule has 1 aromatic rings. The lowest BCUT2D eigenvalue weighted by Gasteiger charge is -2.20. The quantitative estimate of drug-likeness (QED) is 0.599. The number of carbonyl (C=O) groups is 1. The molecule has 0 saturated carbocycles. The Morgan fingerprint density at radius 2 is 2.17 bits per heavy atom. The van der Waals surface area contributed by atoms with Crippen LogP contribution < -0.4 is 0 Å². The van der Waals surface area contributed by atoms with E-state index in [0.29, 0.717) is 30.8 Å². The molecule has 0 amide bonds. The molecule has 0 radical (unpaired) electrons. The molecule has 1 aliphatic rings. The van der Waals surface area contributed by atoms with Gasteiger partial charge in [0.2, 0.25) is 0 Å². The third-order valence-electron chi connectivity index (χ3n) is 3.78. The van der Waals surface area contributed by atoms with E-state index in [1.54, 1.807) is 13.8 Å². The van der Waals surface area contributed by atoms with Crippen molar-refractivity contribution in [2.45, 2.75) is 38.7 Å². The third-order valence-corrected chi connectivity index (χ3v) is 3.78. The molecule has 2 rings (SSSR count). The standard InChI is InChI=1S/C17H19F3O4/c1-3-11(6-16(21)22)15-7-12(17(18,19)20)4-5-14(15)10(2)23-8-13-9-24-13/h4-7,10,13H,3,8-9H2,1-2H3,(H,21,22)/b11-6+/t10-,13+/m1/s1. The maximum Gasteiger partial charge on any atom is 0.416 e. The second-order valence-electron chi connectivity index (χ2n) is 5.59. The lowest BCUT2D eigenvalue weighted by Crippen LogP contribution is -2.11. The number of aliphatic carboxylic acids is 1. The highest BCUT2D eigenvalue weighted by Crippen LogP contribution is 2.36. The van der Waals surface area contributed by atoms with Gasteiger partial charge in [0.15, 0.2) is 0 Å². The molecule has 0 aliphatic carbocycles. The average molecular weight is 344 g/mol. The molecule has 1 heterocycles. The first-order valence-electron chi connectivity index (χ1n) is 7.60. The summed E-state index contributed by atoms with van der Waals surface area (Å²) in [5.41, 5.74) is 0.280. The van der Waals surface area contributed by atoms with E-state index in [-0.39, 0.29) is 11.7 Å². The van der Waals surface area contributed by atoms with Crippen LogP contribution in [0.25, 0.3) is 5.57 Å². The van der Waals surface area contributed by atoms with Gasteiger partial charge in [-0.1, -0.05) is 13.0 Å². The molecule has 1 aromatic carbocycles. The monoisotopic (exact) mass is 344 g/mol. The first kappa shape index (κ1) is 18.5. The number of carboxylic acid groups (broad SMARTS) is 1. The van der Waals surface area contributed by atoms with Gasteiger partial charge in [0, 0.05) is 6.08 Å². The summed E-state index contributed by atoms with van der Waals surface area (Å²) in [5.74, 6) is -1.20. The molecule has 24 heavy (non-hydrogen) atoms. The lowest BCUT2D eigenvalue weighted by molar-refractivity contribution is -0.137. The molecular formula is C17H19F3O4. The summed E-state index contributed by atoms with van der Waals surface area (Å²) in [6, 6.07) is 3.32. The first-order chi connectivity index (χ1) is 11.2. The normalized spacial score (nSPS) is 19.2. The molecule has 0 unspecified atom stereocenters. The maximum atomic E-state index is 13.0. The lowest BCUT2D eigenvalue weighted by atomic mass is 9.92. The Balaban J connectivity index is 2.41. The second-order valence-corrected chi connectivity index (χ2v) is 5.59. The number of benzene rings is 1. The van der Waals surface area contributed by atoms with Gasteiger partial charge < -0.3 is 14.6 Å². The van der Waals surface area contributed by atoms with Crippen molar-refractivity contribution in [2.24, 2.45) is 0 Å². The van der Waals surface area contributed by atoms with E-state index in [1.807, 2.05) is 0 Å². The molecule has 1 aliphatic heterocycles. The van der Waals surface area contributed by atoms with Crippen molar-refractivity contribution in [3.63, 3.8) is 0 Å². The zero-order valence-electron chi connectivity index (χ0n) is 13.4. The largest absolute Gasteiger partial charge is 0.478 e. The number of allylic oxidation sites excluding steroid dienone is 1. The van der Waals surface area contributed by atoms with Crippen LogP contribution in [0.2, 0.25) is 0 Å². The van der Waals surface area contributed by atoms with Crippen LogP contribution in [0.4, 0.5) is 13.2 Å². The van der Waals surface area contributed by atoms with Crippen LogP contribution in [0.5, 0.6) is 0 Å². The molecule has 0 spiro atoms. The van der Waals surface area contributed by atoms with Crippen LogP contribution in [0, 0.1) is 0 Å². The van der Waals surface area contributed by atoms with Gasteiger partial charge in [0.1, 0.15) is 6.10 Å². The predicted octanol–water partition coefficient (Wildman–Crippen LogP) is 4.06. The minimum Gasteiger partial charge on any atom is -0.478 e. The topological polar surface area (TPSA) is 59.1 Å². The number of hydrogen-bond donors (Lipinski definition) is 1. The van der Waals surface area contributed by atoms with Crippen molar-refractivity contribution >= 4 is 11.5 Å². The highest BCUT2D eigenvalue weighted by atomic mass is 19.4. The number of alkyl halides is 3. The fraction of sp³-hybridized carbons (Fsp3) is 0.471. The Hall–Kier alpha value is -1.86. The smallest absolute Gasteiger partial charge is 0.416 e. The Labute approximate surface area is 137 Å². The summed E-state index contributed by atoms with van der Waals surface area (Å²) in [5, 5.41) is 8.97. The third kappa shape index (κ3) is 4.82. The van der Waals surface area contributed by atoms with Crippen LogP contribution in [0.1, 0.15) is 43.1 Å². The average Bonchev–Trinajstić information content (AvgIpc) is 3.33. The van der Waals surface area contributed by atoms with Crippen molar-refractivity contribution in [2.75, 3.05) is 13.2 Å². The molecule has 2 atom stereocenters. The van der Waals surface area contributed by atoms with Gasteiger partial charge in [-0.3, -0.25) is 0 Å². The van der Waals surface area contributed by atoms with Crippen LogP contribution in [-0.4, -0.2) is 30.4 Å². The maximum absolute atomic E-state index is 13.0. The number of epoxide rings is 1. The van der Waals surface area contributed by atoms with Gasteiger partial charge >= 0.3 is 12.1 Å². The number of ether oxygens (including phenoxy) is 2. The molecule has 0 aromatic heterocycles.